The number of esters is 2. The van der Waals surface area contributed by atoms with Crippen LogP contribution in [0.2, 0.25) is 0 Å². The molecule has 0 radical (unpaired) electrons. The molecule has 32 heavy (non-hydrogen) atoms. The molecular weight excluding hydrogens is 412 g/mol. The number of nitrogens with zero attached hydrogens (tertiary/aromatic N) is 1. The number of nitrogens with one attached hydrogen (secondary N) is 1. The molecule has 3 rings (SSSR count). The van der Waals surface area contributed by atoms with Crippen LogP contribution in [-0.2, 0) is 30.3 Å². The number of ether oxygens (including phenoxy) is 2. The second-order valence-electron chi connectivity index (χ2n) is 7.60. The number of carbonyl (C=O) groups is 4. The van der Waals surface area contributed by atoms with Crippen molar-refractivity contribution in [2.24, 2.45) is 5.92 Å². The van der Waals surface area contributed by atoms with Crippen molar-refractivity contribution < 1.29 is 28.7 Å². The normalized spacial score (nSPS) is 15.4. The van der Waals surface area contributed by atoms with E-state index in [1.165, 1.54) is 13.2 Å². The average Bonchev–Trinajstić information content (AvgIpc) is 3.20. The highest BCUT2D eigenvalue weighted by atomic mass is 16.5. The summed E-state index contributed by atoms with van der Waals surface area (Å²) in [6.07, 6.45) is 0.939. The Morgan fingerprint density at radius 2 is 1.84 bits per heavy atom. The minimum absolute atomic E-state index is 0.0380. The molecule has 2 aromatic rings. The van der Waals surface area contributed by atoms with Gasteiger partial charge in [0.05, 0.1) is 18.6 Å². The summed E-state index contributed by atoms with van der Waals surface area (Å²) in [5.41, 5.74) is 3.35. The third-order valence-corrected chi connectivity index (χ3v) is 5.39. The van der Waals surface area contributed by atoms with Crippen LogP contribution in [0.3, 0.4) is 0 Å². The Kier molecular flexibility index (Phi) is 7.25. The summed E-state index contributed by atoms with van der Waals surface area (Å²) in [6, 6.07) is 12.4. The van der Waals surface area contributed by atoms with Gasteiger partial charge in [0.25, 0.3) is 5.91 Å². The van der Waals surface area contributed by atoms with Crippen molar-refractivity contribution in [3.8, 4) is 0 Å². The molecule has 0 spiro atoms. The predicted octanol–water partition coefficient (Wildman–Crippen LogP) is 2.88. The molecule has 2 aromatic carbocycles. The van der Waals surface area contributed by atoms with Gasteiger partial charge in [-0.2, -0.15) is 0 Å². The highest BCUT2D eigenvalue weighted by Crippen LogP contribution is 2.26. The van der Waals surface area contributed by atoms with E-state index in [1.807, 2.05) is 24.3 Å². The summed E-state index contributed by atoms with van der Waals surface area (Å²) in [5, 5.41) is 2.63. The molecule has 2 amide bonds. The first-order valence-corrected chi connectivity index (χ1v) is 10.4. The van der Waals surface area contributed by atoms with Gasteiger partial charge in [0.1, 0.15) is 0 Å². The molecule has 1 aliphatic heterocycles. The van der Waals surface area contributed by atoms with Gasteiger partial charge < -0.3 is 19.7 Å². The lowest BCUT2D eigenvalue weighted by Crippen LogP contribution is -2.28. The molecule has 1 unspecified atom stereocenters. The van der Waals surface area contributed by atoms with Gasteiger partial charge >= 0.3 is 11.9 Å². The Morgan fingerprint density at radius 1 is 1.12 bits per heavy atom. The molecule has 1 N–H and O–H groups in total. The third kappa shape index (κ3) is 5.32. The lowest BCUT2D eigenvalue weighted by Gasteiger charge is -2.17. The molecule has 168 valence electrons. The minimum Gasteiger partial charge on any atom is -0.465 e. The van der Waals surface area contributed by atoms with E-state index in [1.54, 1.807) is 24.0 Å². The van der Waals surface area contributed by atoms with Crippen LogP contribution < -0.4 is 10.2 Å². The Morgan fingerprint density at radius 3 is 2.50 bits per heavy atom. The van der Waals surface area contributed by atoms with E-state index in [-0.39, 0.29) is 18.9 Å². The number of methoxy groups -OCH3 is 1. The number of amides is 2. The molecule has 0 saturated carbocycles. The first-order chi connectivity index (χ1) is 15.3. The number of aryl methyl sites for hydroxylation is 2. The van der Waals surface area contributed by atoms with E-state index in [9.17, 15) is 19.2 Å². The quantitative estimate of drug-likeness (QED) is 0.667. The molecule has 1 aliphatic rings. The lowest BCUT2D eigenvalue weighted by atomic mass is 10.1. The molecule has 1 fully saturated rings. The zero-order valence-electron chi connectivity index (χ0n) is 18.3. The average molecular weight is 438 g/mol. The molecular formula is C24H26N2O6. The van der Waals surface area contributed by atoms with Crippen molar-refractivity contribution >= 4 is 35.1 Å². The molecule has 1 heterocycles. The topological polar surface area (TPSA) is 102 Å². The van der Waals surface area contributed by atoms with Crippen molar-refractivity contribution in [1.29, 1.82) is 0 Å². The predicted molar refractivity (Wildman–Crippen MR) is 118 cm³/mol. The summed E-state index contributed by atoms with van der Waals surface area (Å²) >= 11 is 0. The van der Waals surface area contributed by atoms with Gasteiger partial charge in [-0.15, -0.1) is 0 Å². The Bertz CT molecular complexity index is 1030. The fourth-order valence-electron chi connectivity index (χ4n) is 3.47. The monoisotopic (exact) mass is 438 g/mol. The first-order valence-electron chi connectivity index (χ1n) is 10.4. The zero-order chi connectivity index (χ0) is 23.3. The van der Waals surface area contributed by atoms with E-state index in [4.69, 9.17) is 4.74 Å². The molecule has 8 nitrogen and oxygen atoms in total. The maximum Gasteiger partial charge on any atom is 0.337 e. The van der Waals surface area contributed by atoms with Gasteiger partial charge in [0.2, 0.25) is 5.91 Å². The van der Waals surface area contributed by atoms with Gasteiger partial charge in [-0.25, -0.2) is 4.79 Å². The number of carbonyl (C=O) groups excluding carboxylic acids is 4. The van der Waals surface area contributed by atoms with Crippen LogP contribution in [0.25, 0.3) is 0 Å². The highest BCUT2D eigenvalue weighted by molar-refractivity contribution is 6.00. The standard InChI is InChI=1S/C24H26N2O6/c1-4-16-6-9-19(10-7-16)26-13-18(12-22(26)28)24(30)32-14-21(27)25-20-11-17(23(29)31-3)8-5-15(20)2/h5-11,18H,4,12-14H2,1-3H3,(H,25,27). The van der Waals surface area contributed by atoms with Gasteiger partial charge in [0.15, 0.2) is 6.61 Å². The van der Waals surface area contributed by atoms with Gasteiger partial charge in [0, 0.05) is 24.3 Å². The van der Waals surface area contributed by atoms with Crippen LogP contribution in [0.5, 0.6) is 0 Å². The maximum absolute atomic E-state index is 12.4. The summed E-state index contributed by atoms with van der Waals surface area (Å²) in [7, 11) is 1.27. The molecule has 1 saturated heterocycles. The molecule has 0 bridgehead atoms. The van der Waals surface area contributed by atoms with Gasteiger partial charge in [-0.3, -0.25) is 14.4 Å². The SMILES string of the molecule is CCc1ccc(N2CC(C(=O)OCC(=O)Nc3cc(C(=O)OC)ccc3C)CC2=O)cc1. The molecule has 8 heteroatoms. The van der Waals surface area contributed by atoms with Crippen molar-refractivity contribution in [2.45, 2.75) is 26.7 Å². The van der Waals surface area contributed by atoms with Crippen LogP contribution in [-0.4, -0.2) is 44.0 Å². The first kappa shape index (κ1) is 23.0. The van der Waals surface area contributed by atoms with Gasteiger partial charge in [-0.05, 0) is 48.7 Å². The summed E-state index contributed by atoms with van der Waals surface area (Å²) in [4.78, 5) is 50.3. The number of rotatable bonds is 7. The lowest BCUT2D eigenvalue weighted by molar-refractivity contribution is -0.151. The van der Waals surface area contributed by atoms with Crippen molar-refractivity contribution in [3.63, 3.8) is 0 Å². The van der Waals surface area contributed by atoms with E-state index in [0.29, 0.717) is 11.3 Å². The van der Waals surface area contributed by atoms with E-state index >= 15 is 0 Å². The van der Waals surface area contributed by atoms with Crippen LogP contribution in [0, 0.1) is 12.8 Å². The van der Waals surface area contributed by atoms with E-state index in [0.717, 1.165) is 23.2 Å². The second kappa shape index (κ2) is 10.1. The van der Waals surface area contributed by atoms with Crippen molar-refractivity contribution in [3.05, 3.63) is 59.2 Å². The Labute approximate surface area is 186 Å². The number of hydrogen-bond acceptors (Lipinski definition) is 6. The fourth-order valence-corrected chi connectivity index (χ4v) is 3.47. The van der Waals surface area contributed by atoms with Crippen LogP contribution in [0.4, 0.5) is 11.4 Å². The number of anilines is 2. The zero-order valence-corrected chi connectivity index (χ0v) is 18.3. The summed E-state index contributed by atoms with van der Waals surface area (Å²) < 4.78 is 9.83. The Balaban J connectivity index is 1.55. The van der Waals surface area contributed by atoms with Crippen molar-refractivity contribution in [2.75, 3.05) is 30.5 Å². The number of benzene rings is 2. The van der Waals surface area contributed by atoms with Crippen molar-refractivity contribution in [1.82, 2.24) is 0 Å². The summed E-state index contributed by atoms with van der Waals surface area (Å²) in [5.74, 6) is -2.45. The fraction of sp³-hybridized carbons (Fsp3) is 0.333. The maximum atomic E-state index is 12.4. The molecule has 0 aromatic heterocycles. The van der Waals surface area contributed by atoms with Crippen LogP contribution in [0.1, 0.15) is 34.8 Å². The highest BCUT2D eigenvalue weighted by Gasteiger charge is 2.36. The Hall–Kier alpha value is -3.68. The van der Waals surface area contributed by atoms with Crippen LogP contribution >= 0.6 is 0 Å². The number of hydrogen-bond donors (Lipinski definition) is 1. The molecule has 0 aliphatic carbocycles. The summed E-state index contributed by atoms with van der Waals surface area (Å²) in [6.45, 7) is 3.55. The van der Waals surface area contributed by atoms with Crippen LogP contribution in [0.15, 0.2) is 42.5 Å². The smallest absolute Gasteiger partial charge is 0.337 e. The van der Waals surface area contributed by atoms with E-state index in [2.05, 4.69) is 17.0 Å². The minimum atomic E-state index is -0.634. The third-order valence-electron chi connectivity index (χ3n) is 5.39. The second-order valence-corrected chi connectivity index (χ2v) is 7.60. The van der Waals surface area contributed by atoms with Gasteiger partial charge in [-0.1, -0.05) is 25.1 Å². The van der Waals surface area contributed by atoms with E-state index < -0.39 is 30.4 Å². The largest absolute Gasteiger partial charge is 0.465 e. The molecule has 1 atom stereocenters.